The van der Waals surface area contributed by atoms with Crippen LogP contribution in [-0.4, -0.2) is 64.1 Å². The molecular formula is C14H19NO6S2. The van der Waals surface area contributed by atoms with Crippen molar-refractivity contribution in [2.45, 2.75) is 10.1 Å². The summed E-state index contributed by atoms with van der Waals surface area (Å²) in [6.45, 7) is 0.390. The molecule has 128 valence electrons. The smallest absolute Gasteiger partial charge is 0.320 e. The van der Waals surface area contributed by atoms with Gasteiger partial charge in [-0.25, -0.2) is 8.42 Å². The summed E-state index contributed by atoms with van der Waals surface area (Å²) < 4.78 is 42.1. The van der Waals surface area contributed by atoms with Crippen molar-refractivity contribution in [3.8, 4) is 11.5 Å². The second-order valence-corrected chi connectivity index (χ2v) is 7.98. The molecule has 0 aromatic heterocycles. The Bertz CT molecular complexity index is 676. The minimum Gasteiger partial charge on any atom is -0.497 e. The van der Waals surface area contributed by atoms with Crippen LogP contribution in [0.1, 0.15) is 0 Å². The topological polar surface area (TPSA) is 82.1 Å². The fourth-order valence-corrected chi connectivity index (χ4v) is 5.21. The van der Waals surface area contributed by atoms with Crippen LogP contribution in [-0.2, 0) is 19.6 Å². The zero-order chi connectivity index (χ0) is 17.0. The zero-order valence-electron chi connectivity index (χ0n) is 13.1. The number of carbonyl (C=O) groups excluding carboxylic acids is 1. The van der Waals surface area contributed by atoms with Crippen LogP contribution >= 0.6 is 11.8 Å². The number of benzene rings is 1. The van der Waals surface area contributed by atoms with Gasteiger partial charge in [-0.1, -0.05) is 0 Å². The van der Waals surface area contributed by atoms with E-state index in [1.165, 1.54) is 43.5 Å². The average Bonchev–Trinajstić information content (AvgIpc) is 2.60. The Hall–Kier alpha value is -1.45. The van der Waals surface area contributed by atoms with Gasteiger partial charge in [-0.3, -0.25) is 4.79 Å². The standard InChI is InChI=1S/C14H19NO6S2/c1-19-10-4-5-11(20-2)13(8-10)23(17,18)15-6-7-22-12(9-15)14(16)21-3/h4-5,8,12H,6-7,9H2,1-3H3/t12-/m1/s1. The number of hydrogen-bond donors (Lipinski definition) is 0. The van der Waals surface area contributed by atoms with E-state index in [0.717, 1.165) is 0 Å². The first-order chi connectivity index (χ1) is 10.9. The highest BCUT2D eigenvalue weighted by Gasteiger charge is 2.35. The molecule has 7 nitrogen and oxygen atoms in total. The summed E-state index contributed by atoms with van der Waals surface area (Å²) >= 11 is 1.39. The summed E-state index contributed by atoms with van der Waals surface area (Å²) in [6.07, 6.45) is 0. The molecule has 1 saturated heterocycles. The van der Waals surface area contributed by atoms with Crippen LogP contribution in [0.3, 0.4) is 0 Å². The molecule has 0 spiro atoms. The molecule has 0 N–H and O–H groups in total. The van der Waals surface area contributed by atoms with Crippen molar-refractivity contribution < 1.29 is 27.4 Å². The second-order valence-electron chi connectivity index (χ2n) is 4.76. The van der Waals surface area contributed by atoms with Gasteiger partial charge in [0.05, 0.1) is 21.3 Å². The highest BCUT2D eigenvalue weighted by molar-refractivity contribution is 8.00. The lowest BCUT2D eigenvalue weighted by atomic mass is 10.3. The quantitative estimate of drug-likeness (QED) is 0.723. The summed E-state index contributed by atoms with van der Waals surface area (Å²) in [4.78, 5) is 11.7. The van der Waals surface area contributed by atoms with Gasteiger partial charge in [0.1, 0.15) is 21.6 Å². The minimum atomic E-state index is -3.80. The van der Waals surface area contributed by atoms with Crippen molar-refractivity contribution in [3.63, 3.8) is 0 Å². The molecule has 23 heavy (non-hydrogen) atoms. The van der Waals surface area contributed by atoms with Gasteiger partial charge < -0.3 is 14.2 Å². The molecule has 0 aliphatic carbocycles. The van der Waals surface area contributed by atoms with E-state index in [1.54, 1.807) is 12.1 Å². The van der Waals surface area contributed by atoms with Crippen LogP contribution in [0.4, 0.5) is 0 Å². The maximum atomic E-state index is 12.9. The Morgan fingerprint density at radius 2 is 2.00 bits per heavy atom. The summed E-state index contributed by atoms with van der Waals surface area (Å²) in [7, 11) is 0.356. The fourth-order valence-electron chi connectivity index (χ4n) is 2.24. The third-order valence-electron chi connectivity index (χ3n) is 3.48. The molecule has 0 unspecified atom stereocenters. The average molecular weight is 361 g/mol. The predicted molar refractivity (Wildman–Crippen MR) is 86.6 cm³/mol. The SMILES string of the molecule is COC(=O)[C@H]1CN(S(=O)(=O)c2cc(OC)ccc2OC)CCS1. The number of esters is 1. The largest absolute Gasteiger partial charge is 0.497 e. The van der Waals surface area contributed by atoms with Crippen molar-refractivity contribution >= 4 is 27.8 Å². The van der Waals surface area contributed by atoms with E-state index in [1.807, 2.05) is 0 Å². The predicted octanol–water partition coefficient (Wildman–Crippen LogP) is 0.983. The van der Waals surface area contributed by atoms with Crippen molar-refractivity contribution in [1.82, 2.24) is 4.31 Å². The number of nitrogens with zero attached hydrogens (tertiary/aromatic N) is 1. The van der Waals surface area contributed by atoms with Crippen LogP contribution in [0.2, 0.25) is 0 Å². The monoisotopic (exact) mass is 361 g/mol. The van der Waals surface area contributed by atoms with Crippen molar-refractivity contribution in [1.29, 1.82) is 0 Å². The molecule has 2 rings (SSSR count). The number of thioether (sulfide) groups is 1. The van der Waals surface area contributed by atoms with Gasteiger partial charge in [0.2, 0.25) is 10.0 Å². The molecule has 1 atom stereocenters. The highest BCUT2D eigenvalue weighted by atomic mass is 32.2. The van der Waals surface area contributed by atoms with E-state index in [9.17, 15) is 13.2 Å². The van der Waals surface area contributed by atoms with Crippen molar-refractivity contribution in [2.75, 3.05) is 40.2 Å². The first kappa shape index (κ1) is 17.9. The van der Waals surface area contributed by atoms with E-state index >= 15 is 0 Å². The lowest BCUT2D eigenvalue weighted by Crippen LogP contribution is -2.44. The summed E-state index contributed by atoms with van der Waals surface area (Å²) in [5, 5.41) is -0.528. The number of carbonyl (C=O) groups is 1. The van der Waals surface area contributed by atoms with Crippen LogP contribution < -0.4 is 9.47 Å². The molecule has 0 radical (unpaired) electrons. The maximum Gasteiger partial charge on any atom is 0.320 e. The molecule has 1 aliphatic rings. The Kier molecular flexibility index (Phi) is 5.77. The summed E-state index contributed by atoms with van der Waals surface area (Å²) in [5.41, 5.74) is 0. The van der Waals surface area contributed by atoms with Crippen LogP contribution in [0, 0.1) is 0 Å². The summed E-state index contributed by atoms with van der Waals surface area (Å²) in [6, 6.07) is 4.59. The van der Waals surface area contributed by atoms with Gasteiger partial charge in [0.15, 0.2) is 0 Å². The highest BCUT2D eigenvalue weighted by Crippen LogP contribution is 2.32. The Balaban J connectivity index is 2.36. The molecule has 0 saturated carbocycles. The summed E-state index contributed by atoms with van der Waals surface area (Å²) in [5.74, 6) is 0.747. The minimum absolute atomic E-state index is 0.0230. The molecule has 9 heteroatoms. The number of methoxy groups -OCH3 is 3. The van der Waals surface area contributed by atoms with E-state index in [4.69, 9.17) is 14.2 Å². The number of sulfonamides is 1. The first-order valence-corrected chi connectivity index (χ1v) is 9.34. The number of rotatable bonds is 5. The molecule has 0 amide bonds. The van der Waals surface area contributed by atoms with E-state index in [-0.39, 0.29) is 17.2 Å². The van der Waals surface area contributed by atoms with Gasteiger partial charge in [0, 0.05) is 24.9 Å². The zero-order valence-corrected chi connectivity index (χ0v) is 14.8. The lowest BCUT2D eigenvalue weighted by Gasteiger charge is -2.30. The van der Waals surface area contributed by atoms with Gasteiger partial charge in [-0.15, -0.1) is 11.8 Å². The third kappa shape index (κ3) is 3.73. The first-order valence-electron chi connectivity index (χ1n) is 6.85. The van der Waals surface area contributed by atoms with Gasteiger partial charge >= 0.3 is 5.97 Å². The molecule has 1 heterocycles. The maximum absolute atomic E-state index is 12.9. The van der Waals surface area contributed by atoms with Crippen LogP contribution in [0.15, 0.2) is 23.1 Å². The van der Waals surface area contributed by atoms with E-state index < -0.39 is 21.2 Å². The Morgan fingerprint density at radius 3 is 2.61 bits per heavy atom. The van der Waals surface area contributed by atoms with Crippen LogP contribution in [0.25, 0.3) is 0 Å². The molecule has 1 aliphatic heterocycles. The Labute approximate surface area is 139 Å². The molecular weight excluding hydrogens is 342 g/mol. The van der Waals surface area contributed by atoms with Gasteiger partial charge in [-0.2, -0.15) is 4.31 Å². The normalized spacial score (nSPS) is 19.2. The number of ether oxygens (including phenoxy) is 3. The second kappa shape index (κ2) is 7.41. The Morgan fingerprint density at radius 1 is 1.26 bits per heavy atom. The van der Waals surface area contributed by atoms with Gasteiger partial charge in [0.25, 0.3) is 0 Å². The van der Waals surface area contributed by atoms with Crippen molar-refractivity contribution in [2.24, 2.45) is 0 Å². The molecule has 0 bridgehead atoms. The van der Waals surface area contributed by atoms with Crippen LogP contribution in [0.5, 0.6) is 11.5 Å². The van der Waals surface area contributed by atoms with Gasteiger partial charge in [-0.05, 0) is 12.1 Å². The van der Waals surface area contributed by atoms with E-state index in [2.05, 4.69) is 0 Å². The molecule has 1 aromatic rings. The molecule has 1 fully saturated rings. The fraction of sp³-hybridized carbons (Fsp3) is 0.500. The van der Waals surface area contributed by atoms with Crippen molar-refractivity contribution in [3.05, 3.63) is 18.2 Å². The third-order valence-corrected chi connectivity index (χ3v) is 6.53. The lowest BCUT2D eigenvalue weighted by molar-refractivity contribution is -0.140. The molecule has 1 aromatic carbocycles. The van der Waals surface area contributed by atoms with E-state index in [0.29, 0.717) is 18.0 Å². The number of hydrogen-bond acceptors (Lipinski definition) is 7.